The number of aryl methyl sites for hydroxylation is 1. The number of rotatable bonds is 7. The van der Waals surface area contributed by atoms with Gasteiger partial charge in [-0.3, -0.25) is 9.52 Å². The number of benzene rings is 1. The SMILES string of the molecule is Cc1cccc(CC[NH+]2CCC(C(=O)c3ccc(NS(C)(=O)=O)cc3)CC2)[nH+]1. The number of sulfonamides is 1. The number of nitrogens with one attached hydrogen (secondary N) is 3. The number of likely N-dealkylation sites (tertiary alicyclic amines) is 1. The van der Waals surface area contributed by atoms with E-state index in [0.29, 0.717) is 11.3 Å². The highest BCUT2D eigenvalue weighted by Crippen LogP contribution is 2.19. The number of hydrogen-bond donors (Lipinski definition) is 2. The molecule has 7 heteroatoms. The van der Waals surface area contributed by atoms with Gasteiger partial charge in [-0.2, -0.15) is 0 Å². The molecule has 1 saturated heterocycles. The molecule has 0 spiro atoms. The Morgan fingerprint density at radius 1 is 1.14 bits per heavy atom. The molecule has 0 atom stereocenters. The fraction of sp³-hybridized carbons (Fsp3) is 0.429. The summed E-state index contributed by atoms with van der Waals surface area (Å²) >= 11 is 0. The monoisotopic (exact) mass is 403 g/mol. The number of hydrogen-bond acceptors (Lipinski definition) is 3. The Balaban J connectivity index is 1.49. The Morgan fingerprint density at radius 3 is 2.43 bits per heavy atom. The first-order valence-electron chi connectivity index (χ1n) is 9.73. The lowest BCUT2D eigenvalue weighted by atomic mass is 9.89. The molecule has 2 heterocycles. The van der Waals surface area contributed by atoms with Gasteiger partial charge in [-0.05, 0) is 30.3 Å². The number of carbonyl (C=O) groups is 1. The van der Waals surface area contributed by atoms with Crippen molar-refractivity contribution in [1.82, 2.24) is 0 Å². The average Bonchev–Trinajstić information content (AvgIpc) is 2.66. The summed E-state index contributed by atoms with van der Waals surface area (Å²) in [5.74, 6) is 0.222. The Labute approximate surface area is 167 Å². The molecular formula is C21H29N3O3S+2. The summed E-state index contributed by atoms with van der Waals surface area (Å²) in [5, 5.41) is 0. The molecule has 1 fully saturated rings. The van der Waals surface area contributed by atoms with E-state index >= 15 is 0 Å². The van der Waals surface area contributed by atoms with Crippen LogP contribution >= 0.6 is 0 Å². The van der Waals surface area contributed by atoms with Crippen molar-refractivity contribution < 1.29 is 23.1 Å². The van der Waals surface area contributed by atoms with Gasteiger partial charge >= 0.3 is 0 Å². The number of quaternary nitrogens is 1. The number of piperidine rings is 1. The lowest BCUT2D eigenvalue weighted by Gasteiger charge is -2.28. The Kier molecular flexibility index (Phi) is 6.46. The molecular weight excluding hydrogens is 374 g/mol. The molecule has 3 rings (SSSR count). The average molecular weight is 404 g/mol. The van der Waals surface area contributed by atoms with Gasteiger partial charge in [0.1, 0.15) is 0 Å². The van der Waals surface area contributed by atoms with Crippen LogP contribution < -0.4 is 14.6 Å². The van der Waals surface area contributed by atoms with Crippen LogP contribution in [0.2, 0.25) is 0 Å². The van der Waals surface area contributed by atoms with Crippen LogP contribution in [0.25, 0.3) is 0 Å². The van der Waals surface area contributed by atoms with Crippen molar-refractivity contribution in [2.75, 3.05) is 30.6 Å². The number of aromatic nitrogens is 1. The zero-order valence-corrected chi connectivity index (χ0v) is 17.3. The topological polar surface area (TPSA) is 81.8 Å². The maximum absolute atomic E-state index is 12.8. The highest BCUT2D eigenvalue weighted by molar-refractivity contribution is 7.92. The van der Waals surface area contributed by atoms with Crippen molar-refractivity contribution in [2.24, 2.45) is 5.92 Å². The number of pyridine rings is 1. The minimum absolute atomic E-state index is 0.0583. The van der Waals surface area contributed by atoms with Crippen LogP contribution in [0.1, 0.15) is 34.6 Å². The number of H-pyrrole nitrogens is 1. The van der Waals surface area contributed by atoms with E-state index in [9.17, 15) is 13.2 Å². The van der Waals surface area contributed by atoms with Crippen molar-refractivity contribution in [3.05, 3.63) is 59.4 Å². The molecule has 3 N–H and O–H groups in total. The van der Waals surface area contributed by atoms with Crippen molar-refractivity contribution in [1.29, 1.82) is 0 Å². The first kappa shape index (κ1) is 20.5. The second-order valence-electron chi connectivity index (χ2n) is 7.70. The van der Waals surface area contributed by atoms with Gasteiger partial charge < -0.3 is 4.90 Å². The predicted octanol–water partition coefficient (Wildman–Crippen LogP) is 0.901. The number of ketones is 1. The van der Waals surface area contributed by atoms with Crippen molar-refractivity contribution in [3.8, 4) is 0 Å². The minimum atomic E-state index is -3.30. The Morgan fingerprint density at radius 2 is 1.82 bits per heavy atom. The van der Waals surface area contributed by atoms with Gasteiger partial charge in [-0.1, -0.05) is 0 Å². The van der Waals surface area contributed by atoms with Crippen LogP contribution in [-0.2, 0) is 16.4 Å². The molecule has 6 nitrogen and oxygen atoms in total. The number of Topliss-reactive ketones (excluding diaryl/α,β-unsaturated/α-hetero) is 1. The summed E-state index contributed by atoms with van der Waals surface area (Å²) in [6.07, 6.45) is 3.92. The van der Waals surface area contributed by atoms with E-state index in [4.69, 9.17) is 0 Å². The van der Waals surface area contributed by atoms with E-state index in [1.165, 1.54) is 11.4 Å². The fourth-order valence-electron chi connectivity index (χ4n) is 3.79. The first-order valence-corrected chi connectivity index (χ1v) is 11.6. The van der Waals surface area contributed by atoms with E-state index < -0.39 is 10.0 Å². The molecule has 0 bridgehead atoms. The van der Waals surface area contributed by atoms with Crippen molar-refractivity contribution in [3.63, 3.8) is 0 Å². The Bertz CT molecular complexity index is 918. The summed E-state index contributed by atoms with van der Waals surface area (Å²) in [6.45, 7) is 5.16. The smallest absolute Gasteiger partial charge is 0.229 e. The van der Waals surface area contributed by atoms with Gasteiger partial charge in [-0.15, -0.1) is 0 Å². The molecule has 0 radical (unpaired) electrons. The zero-order valence-electron chi connectivity index (χ0n) is 16.5. The van der Waals surface area contributed by atoms with E-state index in [0.717, 1.165) is 45.2 Å². The maximum atomic E-state index is 12.8. The van der Waals surface area contributed by atoms with Gasteiger partial charge in [0.05, 0.1) is 32.3 Å². The van der Waals surface area contributed by atoms with Gasteiger partial charge in [-0.25, -0.2) is 13.4 Å². The van der Waals surface area contributed by atoms with Crippen LogP contribution in [-0.4, -0.2) is 40.1 Å². The number of carbonyl (C=O) groups excluding carboxylic acids is 1. The third-order valence-electron chi connectivity index (χ3n) is 5.29. The molecule has 0 unspecified atom stereocenters. The van der Waals surface area contributed by atoms with Crippen LogP contribution in [0.15, 0.2) is 42.5 Å². The van der Waals surface area contributed by atoms with E-state index in [2.05, 4.69) is 34.8 Å². The van der Waals surface area contributed by atoms with E-state index in [1.807, 2.05) is 0 Å². The highest BCUT2D eigenvalue weighted by atomic mass is 32.2. The summed E-state index contributed by atoms with van der Waals surface area (Å²) in [6, 6.07) is 13.0. The van der Waals surface area contributed by atoms with Crippen LogP contribution in [0, 0.1) is 12.8 Å². The maximum Gasteiger partial charge on any atom is 0.229 e. The van der Waals surface area contributed by atoms with E-state index in [1.54, 1.807) is 29.2 Å². The molecule has 1 aliphatic heterocycles. The summed E-state index contributed by atoms with van der Waals surface area (Å²) < 4.78 is 25.0. The first-order chi connectivity index (χ1) is 13.3. The summed E-state index contributed by atoms with van der Waals surface area (Å²) in [7, 11) is -3.30. The molecule has 1 aromatic carbocycles. The van der Waals surface area contributed by atoms with Gasteiger partial charge in [0.2, 0.25) is 10.0 Å². The largest absolute Gasteiger partial charge is 0.334 e. The number of aromatic amines is 1. The molecule has 1 aromatic heterocycles. The van der Waals surface area contributed by atoms with Crippen LogP contribution in [0.4, 0.5) is 5.69 Å². The fourth-order valence-corrected chi connectivity index (χ4v) is 4.36. The third kappa shape index (κ3) is 5.87. The molecule has 0 amide bonds. The van der Waals surface area contributed by atoms with Crippen LogP contribution in [0.3, 0.4) is 0 Å². The van der Waals surface area contributed by atoms with Gasteiger partial charge in [0.25, 0.3) is 0 Å². The zero-order chi connectivity index (χ0) is 20.1. The lowest BCUT2D eigenvalue weighted by Crippen LogP contribution is -3.13. The van der Waals surface area contributed by atoms with Crippen molar-refractivity contribution >= 4 is 21.5 Å². The van der Waals surface area contributed by atoms with Crippen LogP contribution in [0.5, 0.6) is 0 Å². The normalized spacial score (nSPS) is 19.9. The number of anilines is 1. The van der Waals surface area contributed by atoms with Gasteiger partial charge in [0, 0.05) is 49.1 Å². The third-order valence-corrected chi connectivity index (χ3v) is 5.89. The van der Waals surface area contributed by atoms with Crippen molar-refractivity contribution in [2.45, 2.75) is 26.2 Å². The second kappa shape index (κ2) is 8.84. The molecule has 2 aromatic rings. The standard InChI is InChI=1S/C21H27N3O3S/c1-16-4-3-5-19(22-16)12-15-24-13-10-18(11-14-24)21(25)17-6-8-20(9-7-17)23-28(2,26)27/h3-9,18,23H,10-15H2,1-2H3/p+2. The molecule has 0 saturated carbocycles. The molecule has 1 aliphatic rings. The second-order valence-corrected chi connectivity index (χ2v) is 9.45. The minimum Gasteiger partial charge on any atom is -0.334 e. The molecule has 0 aliphatic carbocycles. The van der Waals surface area contributed by atoms with E-state index in [-0.39, 0.29) is 11.7 Å². The predicted molar refractivity (Wildman–Crippen MR) is 109 cm³/mol. The molecule has 28 heavy (non-hydrogen) atoms. The highest BCUT2D eigenvalue weighted by Gasteiger charge is 2.28. The quantitative estimate of drug-likeness (QED) is 0.674. The summed E-state index contributed by atoms with van der Waals surface area (Å²) in [5.41, 5.74) is 3.57. The Hall–Kier alpha value is -2.25. The van der Waals surface area contributed by atoms with Gasteiger partial charge in [0.15, 0.2) is 17.2 Å². The summed E-state index contributed by atoms with van der Waals surface area (Å²) in [4.78, 5) is 17.7. The molecule has 150 valence electrons. The lowest BCUT2D eigenvalue weighted by molar-refractivity contribution is -0.905.